The van der Waals surface area contributed by atoms with Gasteiger partial charge in [-0.3, -0.25) is 0 Å². The fourth-order valence-corrected chi connectivity index (χ4v) is 2.62. The molecule has 0 aliphatic carbocycles. The van der Waals surface area contributed by atoms with Crippen LogP contribution in [0.25, 0.3) is 0 Å². The summed E-state index contributed by atoms with van der Waals surface area (Å²) in [5.74, 6) is 0. The monoisotopic (exact) mass is 368 g/mol. The van der Waals surface area contributed by atoms with Crippen molar-refractivity contribution in [3.63, 3.8) is 0 Å². The zero-order valence-corrected chi connectivity index (χ0v) is 17.4. The predicted octanol–water partition coefficient (Wildman–Crippen LogP) is 8.70. The molecule has 0 unspecified atom stereocenters. The Labute approximate surface area is 159 Å². The second kappa shape index (κ2) is 30.4. The Morgan fingerprint density at radius 2 is 0.609 bits per heavy atom. The van der Waals surface area contributed by atoms with Crippen LogP contribution in [-0.4, -0.2) is 0 Å². The van der Waals surface area contributed by atoms with Gasteiger partial charge in [0.15, 0.2) is 0 Å². The molecule has 1 heteroatoms. The average Bonchev–Trinajstić information content (AvgIpc) is 2.54. The van der Waals surface area contributed by atoms with Crippen molar-refractivity contribution in [2.24, 2.45) is 0 Å². The molecule has 144 valence electrons. The number of unbranched alkanes of at least 4 members (excludes halogenated alkanes) is 16. The van der Waals surface area contributed by atoms with Crippen molar-refractivity contribution in [3.05, 3.63) is 13.8 Å². The van der Waals surface area contributed by atoms with Crippen molar-refractivity contribution < 1.29 is 16.5 Å². The number of hydrogen-bond donors (Lipinski definition) is 0. The standard InChI is InChI=1S/2C11H23.Ni/c2*1-3-5-7-9-11-10-8-6-4-2;/h2*1,3-11H2,2H3;/q2*-1;+2. The minimum Gasteiger partial charge on any atom is -0.343 e. The first kappa shape index (κ1) is 28.3. The van der Waals surface area contributed by atoms with Crippen molar-refractivity contribution in [1.29, 1.82) is 0 Å². The average molecular weight is 369 g/mol. The van der Waals surface area contributed by atoms with Crippen LogP contribution >= 0.6 is 0 Å². The molecule has 0 saturated heterocycles. The van der Waals surface area contributed by atoms with E-state index in [0.29, 0.717) is 0 Å². The van der Waals surface area contributed by atoms with Crippen LogP contribution < -0.4 is 0 Å². The molecule has 0 atom stereocenters. The summed E-state index contributed by atoms with van der Waals surface area (Å²) < 4.78 is 0. The van der Waals surface area contributed by atoms with Gasteiger partial charge >= 0.3 is 16.5 Å². The zero-order valence-electron chi connectivity index (χ0n) is 16.5. The van der Waals surface area contributed by atoms with E-state index >= 15 is 0 Å². The smallest absolute Gasteiger partial charge is 0.343 e. The normalized spacial score (nSPS) is 9.91. The van der Waals surface area contributed by atoms with Gasteiger partial charge in [0.25, 0.3) is 0 Å². The molecule has 0 aromatic carbocycles. The van der Waals surface area contributed by atoms with Crippen molar-refractivity contribution >= 4 is 0 Å². The topological polar surface area (TPSA) is 0 Å². The summed E-state index contributed by atoms with van der Waals surface area (Å²) >= 11 is 0. The van der Waals surface area contributed by atoms with Crippen LogP contribution in [0.3, 0.4) is 0 Å². The van der Waals surface area contributed by atoms with Gasteiger partial charge in [-0.2, -0.15) is 12.8 Å². The molecule has 0 bridgehead atoms. The molecule has 0 N–H and O–H groups in total. The van der Waals surface area contributed by atoms with Crippen molar-refractivity contribution in [2.45, 2.75) is 129 Å². The molecule has 23 heavy (non-hydrogen) atoms. The van der Waals surface area contributed by atoms with Gasteiger partial charge in [-0.1, -0.05) is 117 Å². The molecule has 0 aliphatic rings. The van der Waals surface area contributed by atoms with E-state index in [9.17, 15) is 0 Å². The van der Waals surface area contributed by atoms with Crippen LogP contribution in [0.2, 0.25) is 0 Å². The molecule has 0 fully saturated rings. The molecular formula is C22H46Ni. The second-order valence-corrected chi connectivity index (χ2v) is 6.66. The molecule has 0 aromatic rings. The van der Waals surface area contributed by atoms with Crippen molar-refractivity contribution in [2.75, 3.05) is 0 Å². The third-order valence-corrected chi connectivity index (χ3v) is 4.21. The number of hydrogen-bond acceptors (Lipinski definition) is 0. The Bertz CT molecular complexity index is 122. The molecule has 0 saturated carbocycles. The van der Waals surface area contributed by atoms with E-state index in [0.717, 1.165) is 12.8 Å². The van der Waals surface area contributed by atoms with E-state index < -0.39 is 0 Å². The molecule has 0 rings (SSSR count). The van der Waals surface area contributed by atoms with Crippen LogP contribution in [-0.2, 0) is 16.5 Å². The third kappa shape index (κ3) is 34.7. The van der Waals surface area contributed by atoms with Crippen LogP contribution in [0, 0.1) is 13.8 Å². The summed E-state index contributed by atoms with van der Waals surface area (Å²) in [4.78, 5) is 0. The van der Waals surface area contributed by atoms with Crippen LogP contribution in [0.15, 0.2) is 0 Å². The van der Waals surface area contributed by atoms with Gasteiger partial charge in [-0.15, -0.1) is 0 Å². The van der Waals surface area contributed by atoms with Gasteiger partial charge < -0.3 is 13.8 Å². The van der Waals surface area contributed by atoms with Crippen LogP contribution in [0.1, 0.15) is 129 Å². The van der Waals surface area contributed by atoms with Gasteiger partial charge in [-0.25, -0.2) is 0 Å². The van der Waals surface area contributed by atoms with Gasteiger partial charge in [0, 0.05) is 0 Å². The Balaban J connectivity index is -0.000000333. The molecule has 0 nitrogen and oxygen atoms in total. The summed E-state index contributed by atoms with van der Waals surface area (Å²) in [6, 6.07) is 0. The van der Waals surface area contributed by atoms with Gasteiger partial charge in [-0.05, 0) is 0 Å². The SMILES string of the molecule is [CH2-]CCCCCCCCCC.[CH2-]CCCCCCCCCC.[Ni+2]. The Kier molecular flexibility index (Phi) is 37.4. The molecule has 0 aromatic heterocycles. The second-order valence-electron chi connectivity index (χ2n) is 6.66. The summed E-state index contributed by atoms with van der Waals surface area (Å²) in [6.45, 7) is 12.2. The van der Waals surface area contributed by atoms with Gasteiger partial charge in [0.1, 0.15) is 0 Å². The van der Waals surface area contributed by atoms with Crippen molar-refractivity contribution in [3.8, 4) is 0 Å². The molecule has 0 heterocycles. The quantitative estimate of drug-likeness (QED) is 0.145. The molecule has 0 radical (unpaired) electrons. The Morgan fingerprint density at radius 3 is 0.826 bits per heavy atom. The third-order valence-electron chi connectivity index (χ3n) is 4.21. The fourth-order valence-electron chi connectivity index (χ4n) is 2.62. The van der Waals surface area contributed by atoms with Crippen LogP contribution in [0.4, 0.5) is 0 Å². The molecular weight excluding hydrogens is 323 g/mol. The zero-order chi connectivity index (χ0) is 16.7. The van der Waals surface area contributed by atoms with E-state index in [1.54, 1.807) is 0 Å². The fraction of sp³-hybridized carbons (Fsp3) is 0.909. The van der Waals surface area contributed by atoms with E-state index in [4.69, 9.17) is 0 Å². The molecule has 0 spiro atoms. The minimum atomic E-state index is 0. The summed E-state index contributed by atoms with van der Waals surface area (Å²) in [5.41, 5.74) is 0. The van der Waals surface area contributed by atoms with E-state index in [1.165, 1.54) is 103 Å². The van der Waals surface area contributed by atoms with Gasteiger partial charge in [0.05, 0.1) is 0 Å². The Hall–Kier alpha value is 0.494. The minimum absolute atomic E-state index is 0. The first-order valence-corrected chi connectivity index (χ1v) is 10.4. The maximum absolute atomic E-state index is 3.83. The Morgan fingerprint density at radius 1 is 0.391 bits per heavy atom. The largest absolute Gasteiger partial charge is 2.00 e. The first-order valence-electron chi connectivity index (χ1n) is 10.4. The van der Waals surface area contributed by atoms with E-state index in [2.05, 4.69) is 27.7 Å². The summed E-state index contributed by atoms with van der Waals surface area (Å²) in [5, 5.41) is 0. The van der Waals surface area contributed by atoms with Crippen molar-refractivity contribution in [1.82, 2.24) is 0 Å². The maximum Gasteiger partial charge on any atom is 2.00 e. The maximum atomic E-state index is 3.83. The summed E-state index contributed by atoms with van der Waals surface area (Å²) in [6.07, 6.45) is 24.8. The van der Waals surface area contributed by atoms with E-state index in [1.807, 2.05) is 0 Å². The molecule has 0 aliphatic heterocycles. The first-order chi connectivity index (χ1) is 10.8. The van der Waals surface area contributed by atoms with Crippen LogP contribution in [0.5, 0.6) is 0 Å². The number of rotatable bonds is 16. The predicted molar refractivity (Wildman–Crippen MR) is 105 cm³/mol. The molecule has 0 amide bonds. The van der Waals surface area contributed by atoms with E-state index in [-0.39, 0.29) is 16.5 Å². The summed E-state index contributed by atoms with van der Waals surface area (Å²) in [7, 11) is 0. The van der Waals surface area contributed by atoms with Gasteiger partial charge in [0.2, 0.25) is 0 Å².